The number of aromatic nitrogens is 2. The second-order valence-electron chi connectivity index (χ2n) is 4.18. The van der Waals surface area contributed by atoms with Crippen molar-refractivity contribution in [3.63, 3.8) is 0 Å². The van der Waals surface area contributed by atoms with E-state index >= 15 is 0 Å². The van der Waals surface area contributed by atoms with E-state index in [2.05, 4.69) is 5.10 Å². The Hall–Kier alpha value is -2.38. The number of ether oxygens (including phenoxy) is 1. The fraction of sp³-hybridized carbons (Fsp3) is 0.231. The molecule has 0 aliphatic rings. The highest BCUT2D eigenvalue weighted by molar-refractivity contribution is 5.29. The fourth-order valence-corrected chi connectivity index (χ4v) is 1.69. The van der Waals surface area contributed by atoms with Gasteiger partial charge in [-0.15, -0.1) is 0 Å². The van der Waals surface area contributed by atoms with Crippen LogP contribution in [0.1, 0.15) is 11.3 Å². The maximum absolute atomic E-state index is 13.5. The van der Waals surface area contributed by atoms with Gasteiger partial charge >= 0.3 is 6.18 Å². The van der Waals surface area contributed by atoms with Crippen molar-refractivity contribution in [3.8, 4) is 5.75 Å². The molecule has 8 heteroatoms. The monoisotopic (exact) mass is 302 g/mol. The summed E-state index contributed by atoms with van der Waals surface area (Å²) in [6.07, 6.45) is -4.65. The average Bonchev–Trinajstić information content (AvgIpc) is 2.40. The molecule has 21 heavy (non-hydrogen) atoms. The first kappa shape index (κ1) is 15.0. The van der Waals surface area contributed by atoms with E-state index in [1.807, 2.05) is 0 Å². The summed E-state index contributed by atoms with van der Waals surface area (Å²) in [5, 5.41) is 3.24. The lowest BCUT2D eigenvalue weighted by atomic mass is 10.2. The van der Waals surface area contributed by atoms with Crippen LogP contribution in [-0.2, 0) is 12.7 Å². The van der Waals surface area contributed by atoms with Crippen LogP contribution in [-0.4, -0.2) is 16.9 Å². The van der Waals surface area contributed by atoms with Crippen molar-refractivity contribution in [2.24, 2.45) is 0 Å². The summed E-state index contributed by atoms with van der Waals surface area (Å²) in [5.74, 6) is -0.668. The van der Waals surface area contributed by atoms with Crippen molar-refractivity contribution in [3.05, 3.63) is 57.8 Å². The fourth-order valence-electron chi connectivity index (χ4n) is 1.69. The van der Waals surface area contributed by atoms with Gasteiger partial charge in [0.2, 0.25) is 0 Å². The van der Waals surface area contributed by atoms with Gasteiger partial charge in [-0.1, -0.05) is 6.07 Å². The molecule has 1 aromatic carbocycles. The number of halogens is 4. The lowest BCUT2D eigenvalue weighted by Crippen LogP contribution is -2.26. The standard InChI is InChI=1S/C13H10F4N2O2/c1-21-10-3-2-8(6-9(10)14)7-19-12(20)5-4-11(18-19)13(15,16)17/h2-6H,7H2,1H3. The minimum atomic E-state index is -4.65. The van der Waals surface area contributed by atoms with E-state index in [0.717, 1.165) is 12.1 Å². The Morgan fingerprint density at radius 1 is 1.24 bits per heavy atom. The zero-order valence-corrected chi connectivity index (χ0v) is 10.8. The van der Waals surface area contributed by atoms with Crippen LogP contribution in [0.25, 0.3) is 0 Å². The second-order valence-corrected chi connectivity index (χ2v) is 4.18. The smallest absolute Gasteiger partial charge is 0.435 e. The molecular formula is C13H10F4N2O2. The predicted octanol–water partition coefficient (Wildman–Crippen LogP) is 2.46. The third kappa shape index (κ3) is 3.39. The molecule has 0 saturated heterocycles. The summed E-state index contributed by atoms with van der Waals surface area (Å²) >= 11 is 0. The number of hydrogen-bond acceptors (Lipinski definition) is 3. The van der Waals surface area contributed by atoms with Gasteiger partial charge < -0.3 is 4.74 Å². The molecule has 0 N–H and O–H groups in total. The Bertz CT molecular complexity index is 710. The minimum Gasteiger partial charge on any atom is -0.494 e. The Morgan fingerprint density at radius 2 is 1.95 bits per heavy atom. The third-order valence-corrected chi connectivity index (χ3v) is 2.71. The molecule has 0 saturated carbocycles. The number of nitrogens with zero attached hydrogens (tertiary/aromatic N) is 2. The molecule has 0 atom stereocenters. The van der Waals surface area contributed by atoms with Gasteiger partial charge in [0, 0.05) is 6.07 Å². The van der Waals surface area contributed by atoms with Gasteiger partial charge in [-0.25, -0.2) is 9.07 Å². The van der Waals surface area contributed by atoms with Crippen LogP contribution in [0, 0.1) is 5.82 Å². The Balaban J connectivity index is 2.35. The molecule has 0 spiro atoms. The number of alkyl halides is 3. The lowest BCUT2D eigenvalue weighted by molar-refractivity contribution is -0.142. The van der Waals surface area contributed by atoms with Gasteiger partial charge in [-0.2, -0.15) is 18.3 Å². The highest BCUT2D eigenvalue weighted by Crippen LogP contribution is 2.26. The van der Waals surface area contributed by atoms with E-state index in [0.29, 0.717) is 16.3 Å². The van der Waals surface area contributed by atoms with Gasteiger partial charge in [0.25, 0.3) is 5.56 Å². The van der Waals surface area contributed by atoms with Crippen LogP contribution in [0.3, 0.4) is 0 Å². The molecule has 4 nitrogen and oxygen atoms in total. The SMILES string of the molecule is COc1ccc(Cn2nc(C(F)(F)F)ccc2=O)cc1F. The Kier molecular flexibility index (Phi) is 3.97. The summed E-state index contributed by atoms with van der Waals surface area (Å²) < 4.78 is 56.5. The van der Waals surface area contributed by atoms with E-state index in [-0.39, 0.29) is 12.3 Å². The lowest BCUT2D eigenvalue weighted by Gasteiger charge is -2.10. The van der Waals surface area contributed by atoms with Crippen LogP contribution in [0.5, 0.6) is 5.75 Å². The highest BCUT2D eigenvalue weighted by atomic mass is 19.4. The van der Waals surface area contributed by atoms with Crippen LogP contribution in [0.15, 0.2) is 35.1 Å². The predicted molar refractivity (Wildman–Crippen MR) is 65.6 cm³/mol. The van der Waals surface area contributed by atoms with Crippen molar-refractivity contribution < 1.29 is 22.3 Å². The zero-order chi connectivity index (χ0) is 15.6. The summed E-state index contributed by atoms with van der Waals surface area (Å²) in [6.45, 7) is -0.274. The van der Waals surface area contributed by atoms with E-state index in [1.54, 1.807) is 0 Å². The molecule has 112 valence electrons. The van der Waals surface area contributed by atoms with Crippen LogP contribution in [0.2, 0.25) is 0 Å². The maximum Gasteiger partial charge on any atom is 0.435 e. The van der Waals surface area contributed by atoms with E-state index in [4.69, 9.17) is 4.74 Å². The molecule has 0 radical (unpaired) electrons. The molecule has 0 bridgehead atoms. The van der Waals surface area contributed by atoms with Crippen LogP contribution >= 0.6 is 0 Å². The van der Waals surface area contributed by atoms with Crippen LogP contribution < -0.4 is 10.3 Å². The Labute approximate surface area is 116 Å². The summed E-state index contributed by atoms with van der Waals surface area (Å²) in [7, 11) is 1.29. The van der Waals surface area contributed by atoms with Gasteiger partial charge in [0.05, 0.1) is 13.7 Å². The van der Waals surface area contributed by atoms with Gasteiger partial charge in [0.1, 0.15) is 0 Å². The molecule has 0 unspecified atom stereocenters. The third-order valence-electron chi connectivity index (χ3n) is 2.71. The maximum atomic E-state index is 13.5. The Morgan fingerprint density at radius 3 is 2.52 bits per heavy atom. The molecule has 2 aromatic rings. The summed E-state index contributed by atoms with van der Waals surface area (Å²) in [6, 6.07) is 5.22. The number of benzene rings is 1. The van der Waals surface area contributed by atoms with Gasteiger partial charge in [0.15, 0.2) is 17.3 Å². The number of rotatable bonds is 3. The van der Waals surface area contributed by atoms with Crippen molar-refractivity contribution in [2.75, 3.05) is 7.11 Å². The zero-order valence-electron chi connectivity index (χ0n) is 10.8. The van der Waals surface area contributed by atoms with Gasteiger partial charge in [-0.05, 0) is 23.8 Å². The molecule has 2 rings (SSSR count). The van der Waals surface area contributed by atoms with Crippen molar-refractivity contribution >= 4 is 0 Å². The summed E-state index contributed by atoms with van der Waals surface area (Å²) in [5.41, 5.74) is -1.60. The number of methoxy groups -OCH3 is 1. The molecule has 0 aliphatic heterocycles. The first-order valence-electron chi connectivity index (χ1n) is 5.79. The normalized spacial score (nSPS) is 11.5. The van der Waals surface area contributed by atoms with Crippen molar-refractivity contribution in [2.45, 2.75) is 12.7 Å². The largest absolute Gasteiger partial charge is 0.494 e. The summed E-state index contributed by atoms with van der Waals surface area (Å²) in [4.78, 5) is 11.5. The molecule has 1 heterocycles. The molecule has 0 amide bonds. The van der Waals surface area contributed by atoms with Crippen molar-refractivity contribution in [1.29, 1.82) is 0 Å². The van der Waals surface area contributed by atoms with Crippen LogP contribution in [0.4, 0.5) is 17.6 Å². The molecule has 0 aliphatic carbocycles. The molecule has 0 fully saturated rings. The van der Waals surface area contributed by atoms with E-state index < -0.39 is 23.2 Å². The first-order chi connectivity index (χ1) is 9.81. The minimum absolute atomic E-state index is 0.00287. The van der Waals surface area contributed by atoms with Crippen molar-refractivity contribution in [1.82, 2.24) is 9.78 Å². The van der Waals surface area contributed by atoms with E-state index in [1.165, 1.54) is 19.2 Å². The van der Waals surface area contributed by atoms with E-state index in [9.17, 15) is 22.4 Å². The quantitative estimate of drug-likeness (QED) is 0.818. The first-order valence-corrected chi connectivity index (χ1v) is 5.79. The second kappa shape index (κ2) is 5.55. The average molecular weight is 302 g/mol. The topological polar surface area (TPSA) is 44.1 Å². The molecule has 1 aromatic heterocycles. The molecular weight excluding hydrogens is 292 g/mol. The number of hydrogen-bond donors (Lipinski definition) is 0. The van der Waals surface area contributed by atoms with Gasteiger partial charge in [-0.3, -0.25) is 4.79 Å². The highest BCUT2D eigenvalue weighted by Gasteiger charge is 2.33.